The number of rotatable bonds is 6. The van der Waals surface area contributed by atoms with Crippen LogP contribution in [0.25, 0.3) is 0 Å². The summed E-state index contributed by atoms with van der Waals surface area (Å²) < 4.78 is 0. The molecule has 0 spiro atoms. The minimum absolute atomic E-state index is 0.815. The molecule has 1 saturated carbocycles. The van der Waals surface area contributed by atoms with Crippen LogP contribution in [0.3, 0.4) is 0 Å². The predicted molar refractivity (Wildman–Crippen MR) is 72.7 cm³/mol. The van der Waals surface area contributed by atoms with E-state index in [1.165, 1.54) is 45.1 Å². The lowest BCUT2D eigenvalue weighted by Gasteiger charge is -2.36. The van der Waals surface area contributed by atoms with Crippen molar-refractivity contribution in [3.05, 3.63) is 0 Å². The Balaban J connectivity index is 2.38. The van der Waals surface area contributed by atoms with Crippen LogP contribution in [-0.2, 0) is 0 Å². The molecular weight excluding hydrogens is 194 g/mol. The first-order chi connectivity index (χ1) is 7.63. The Morgan fingerprint density at radius 1 is 1.25 bits per heavy atom. The second-order valence-corrected chi connectivity index (χ2v) is 6.21. The van der Waals surface area contributed by atoms with E-state index in [0.29, 0.717) is 0 Å². The lowest BCUT2D eigenvalue weighted by atomic mass is 9.76. The topological polar surface area (TPSA) is 12.0 Å². The van der Waals surface area contributed by atoms with Crippen LogP contribution in [0.2, 0.25) is 0 Å². The van der Waals surface area contributed by atoms with E-state index in [4.69, 9.17) is 0 Å². The zero-order valence-corrected chi connectivity index (χ0v) is 11.8. The van der Waals surface area contributed by atoms with Gasteiger partial charge in [0.25, 0.3) is 0 Å². The van der Waals surface area contributed by atoms with Crippen LogP contribution >= 0.6 is 0 Å². The summed E-state index contributed by atoms with van der Waals surface area (Å²) in [5.41, 5.74) is 0. The standard InChI is InChI=1S/C15H31N/c1-5-10-16-15-9-7-13(4)11-14(15)8-6-12(2)3/h12-16H,5-11H2,1-4H3. The molecule has 0 saturated heterocycles. The number of hydrogen-bond acceptors (Lipinski definition) is 1. The minimum atomic E-state index is 0.815. The molecule has 1 heteroatoms. The third-order valence-corrected chi connectivity index (χ3v) is 4.02. The van der Waals surface area contributed by atoms with Crippen LogP contribution in [0.5, 0.6) is 0 Å². The molecule has 1 fully saturated rings. The first kappa shape index (κ1) is 14.0. The van der Waals surface area contributed by atoms with E-state index in [9.17, 15) is 0 Å². The Labute approximate surface area is 102 Å². The van der Waals surface area contributed by atoms with Crippen LogP contribution in [0.1, 0.15) is 66.2 Å². The fourth-order valence-electron chi connectivity index (χ4n) is 2.96. The fourth-order valence-corrected chi connectivity index (χ4v) is 2.96. The summed E-state index contributed by atoms with van der Waals surface area (Å²) in [6.07, 6.45) is 8.39. The van der Waals surface area contributed by atoms with Crippen LogP contribution in [0.15, 0.2) is 0 Å². The molecule has 0 heterocycles. The minimum Gasteiger partial charge on any atom is -0.314 e. The molecule has 3 unspecified atom stereocenters. The second kappa shape index (κ2) is 7.32. The first-order valence-electron chi connectivity index (χ1n) is 7.36. The van der Waals surface area contributed by atoms with E-state index < -0.39 is 0 Å². The Bertz CT molecular complexity index is 174. The van der Waals surface area contributed by atoms with Gasteiger partial charge in [-0.2, -0.15) is 0 Å². The van der Waals surface area contributed by atoms with Crippen molar-refractivity contribution < 1.29 is 0 Å². The highest BCUT2D eigenvalue weighted by molar-refractivity contribution is 4.83. The molecule has 0 aromatic heterocycles. The highest BCUT2D eigenvalue weighted by Gasteiger charge is 2.27. The Kier molecular flexibility index (Phi) is 6.41. The zero-order chi connectivity index (χ0) is 12.0. The van der Waals surface area contributed by atoms with Gasteiger partial charge >= 0.3 is 0 Å². The van der Waals surface area contributed by atoms with Gasteiger partial charge in [0, 0.05) is 6.04 Å². The van der Waals surface area contributed by atoms with E-state index in [0.717, 1.165) is 23.8 Å². The van der Waals surface area contributed by atoms with Crippen molar-refractivity contribution in [2.75, 3.05) is 6.54 Å². The fraction of sp³-hybridized carbons (Fsp3) is 1.00. The molecule has 0 bridgehead atoms. The molecule has 0 amide bonds. The molecule has 1 rings (SSSR count). The predicted octanol–water partition coefficient (Wildman–Crippen LogP) is 4.23. The molecule has 0 aromatic carbocycles. The average molecular weight is 225 g/mol. The smallest absolute Gasteiger partial charge is 0.00955 e. The average Bonchev–Trinajstić information content (AvgIpc) is 2.25. The van der Waals surface area contributed by atoms with Crippen molar-refractivity contribution in [3.63, 3.8) is 0 Å². The highest BCUT2D eigenvalue weighted by Crippen LogP contribution is 2.32. The molecule has 3 atom stereocenters. The largest absolute Gasteiger partial charge is 0.314 e. The maximum atomic E-state index is 3.77. The van der Waals surface area contributed by atoms with Crippen molar-refractivity contribution in [1.82, 2.24) is 5.32 Å². The summed E-state index contributed by atoms with van der Waals surface area (Å²) in [6.45, 7) is 10.6. The van der Waals surface area contributed by atoms with Crippen molar-refractivity contribution in [1.29, 1.82) is 0 Å². The summed E-state index contributed by atoms with van der Waals surface area (Å²) in [4.78, 5) is 0. The number of nitrogens with one attached hydrogen (secondary N) is 1. The van der Waals surface area contributed by atoms with Crippen molar-refractivity contribution >= 4 is 0 Å². The molecule has 0 aliphatic heterocycles. The first-order valence-corrected chi connectivity index (χ1v) is 7.36. The van der Waals surface area contributed by atoms with E-state index >= 15 is 0 Å². The summed E-state index contributed by atoms with van der Waals surface area (Å²) in [6, 6.07) is 0.815. The van der Waals surface area contributed by atoms with Gasteiger partial charge in [-0.1, -0.05) is 34.1 Å². The van der Waals surface area contributed by atoms with Gasteiger partial charge in [0.05, 0.1) is 0 Å². The van der Waals surface area contributed by atoms with Gasteiger partial charge in [-0.15, -0.1) is 0 Å². The zero-order valence-electron chi connectivity index (χ0n) is 11.8. The molecule has 0 radical (unpaired) electrons. The van der Waals surface area contributed by atoms with Crippen LogP contribution in [0, 0.1) is 17.8 Å². The molecule has 1 N–H and O–H groups in total. The van der Waals surface area contributed by atoms with Gasteiger partial charge in [0.2, 0.25) is 0 Å². The maximum absolute atomic E-state index is 3.77. The van der Waals surface area contributed by atoms with Crippen molar-refractivity contribution in [2.24, 2.45) is 17.8 Å². The maximum Gasteiger partial charge on any atom is 0.00955 e. The molecule has 0 aromatic rings. The third-order valence-electron chi connectivity index (χ3n) is 4.02. The summed E-state index contributed by atoms with van der Waals surface area (Å²) >= 11 is 0. The third kappa shape index (κ3) is 4.86. The SMILES string of the molecule is CCCNC1CCC(C)CC1CCC(C)C. The molecular formula is C15H31N. The van der Waals surface area contributed by atoms with Crippen LogP contribution in [-0.4, -0.2) is 12.6 Å². The van der Waals surface area contributed by atoms with E-state index in [1.54, 1.807) is 0 Å². The summed E-state index contributed by atoms with van der Waals surface area (Å²) in [7, 11) is 0. The normalized spacial score (nSPS) is 30.9. The molecule has 96 valence electrons. The quantitative estimate of drug-likeness (QED) is 0.713. The monoisotopic (exact) mass is 225 g/mol. The molecule has 1 nitrogen and oxygen atoms in total. The summed E-state index contributed by atoms with van der Waals surface area (Å²) in [5, 5.41) is 3.77. The van der Waals surface area contributed by atoms with Crippen molar-refractivity contribution in [3.8, 4) is 0 Å². The second-order valence-electron chi connectivity index (χ2n) is 6.21. The van der Waals surface area contributed by atoms with Gasteiger partial charge in [-0.3, -0.25) is 0 Å². The van der Waals surface area contributed by atoms with Gasteiger partial charge in [0.15, 0.2) is 0 Å². The van der Waals surface area contributed by atoms with E-state index in [2.05, 4.69) is 33.0 Å². The van der Waals surface area contributed by atoms with Gasteiger partial charge < -0.3 is 5.32 Å². The molecule has 1 aliphatic carbocycles. The van der Waals surface area contributed by atoms with Crippen LogP contribution < -0.4 is 5.32 Å². The van der Waals surface area contributed by atoms with Crippen LogP contribution in [0.4, 0.5) is 0 Å². The Morgan fingerprint density at radius 3 is 2.62 bits per heavy atom. The van der Waals surface area contributed by atoms with Gasteiger partial charge in [0.1, 0.15) is 0 Å². The van der Waals surface area contributed by atoms with Gasteiger partial charge in [-0.25, -0.2) is 0 Å². The Morgan fingerprint density at radius 2 is 2.00 bits per heavy atom. The number of hydrogen-bond donors (Lipinski definition) is 1. The molecule has 1 aliphatic rings. The van der Waals surface area contributed by atoms with E-state index in [-0.39, 0.29) is 0 Å². The summed E-state index contributed by atoms with van der Waals surface area (Å²) in [5.74, 6) is 2.76. The lowest BCUT2D eigenvalue weighted by Crippen LogP contribution is -2.40. The Hall–Kier alpha value is -0.0400. The van der Waals surface area contributed by atoms with E-state index in [1.807, 2.05) is 0 Å². The molecule has 16 heavy (non-hydrogen) atoms. The lowest BCUT2D eigenvalue weighted by molar-refractivity contribution is 0.195. The van der Waals surface area contributed by atoms with Gasteiger partial charge in [-0.05, 0) is 56.4 Å². The highest BCUT2D eigenvalue weighted by atomic mass is 14.9. The van der Waals surface area contributed by atoms with Crippen molar-refractivity contribution in [2.45, 2.75) is 72.3 Å².